The van der Waals surface area contributed by atoms with Crippen molar-refractivity contribution >= 4 is 11.8 Å². The summed E-state index contributed by atoms with van der Waals surface area (Å²) in [6, 6.07) is 0. The highest BCUT2D eigenvalue weighted by molar-refractivity contribution is 6.08. The molecule has 0 aromatic heterocycles. The quantitative estimate of drug-likeness (QED) is 0.502. The Hall–Kier alpha value is -0.900. The minimum Gasteiger partial charge on any atom is -0.457 e. The first-order valence-corrected chi connectivity index (χ1v) is 4.75. The fourth-order valence-electron chi connectivity index (χ4n) is 1.43. The van der Waals surface area contributed by atoms with Crippen molar-refractivity contribution in [1.82, 2.24) is 0 Å². The van der Waals surface area contributed by atoms with Gasteiger partial charge >= 0.3 is 5.97 Å². The van der Waals surface area contributed by atoms with E-state index in [1.165, 1.54) is 0 Å². The third-order valence-corrected chi connectivity index (χ3v) is 2.14. The van der Waals surface area contributed by atoms with Crippen LogP contribution in [0.25, 0.3) is 0 Å². The molecule has 0 aromatic carbocycles. The van der Waals surface area contributed by atoms with Gasteiger partial charge < -0.3 is 9.84 Å². The number of esters is 1. The molecule has 0 aromatic rings. The Bertz CT molecular complexity index is 264. The van der Waals surface area contributed by atoms with Crippen molar-refractivity contribution in [3.05, 3.63) is 0 Å². The maximum absolute atomic E-state index is 11.5. The number of Topliss-reactive ketones (excluding diaryl/α,β-unsaturated/α-hetero) is 1. The normalized spacial score (nSPS) is 27.9. The standard InChI is InChI=1S/C10H16O4/c1-9(2,3)14-8(12)10(13)6-4-5-7(10)11/h13H,4-6H2,1-3H3/t10-/m0/s1. The molecule has 0 heterocycles. The van der Waals surface area contributed by atoms with Crippen LogP contribution in [0.2, 0.25) is 0 Å². The summed E-state index contributed by atoms with van der Waals surface area (Å²) in [6.07, 6.45) is 0.991. The number of hydrogen-bond donors (Lipinski definition) is 1. The molecule has 1 atom stereocenters. The molecule has 1 aliphatic carbocycles. The zero-order valence-corrected chi connectivity index (χ0v) is 8.79. The topological polar surface area (TPSA) is 63.6 Å². The lowest BCUT2D eigenvalue weighted by Gasteiger charge is -2.25. The van der Waals surface area contributed by atoms with Crippen LogP contribution in [-0.2, 0) is 14.3 Å². The second kappa shape index (κ2) is 3.35. The van der Waals surface area contributed by atoms with Gasteiger partial charge in [-0.2, -0.15) is 0 Å². The zero-order valence-electron chi connectivity index (χ0n) is 8.79. The number of aliphatic hydroxyl groups is 1. The SMILES string of the molecule is CC(C)(C)OC(=O)[C@]1(O)CCCC1=O. The molecule has 14 heavy (non-hydrogen) atoms. The van der Waals surface area contributed by atoms with E-state index in [1.807, 2.05) is 0 Å². The van der Waals surface area contributed by atoms with Crippen LogP contribution in [0, 0.1) is 0 Å². The highest BCUT2D eigenvalue weighted by atomic mass is 16.6. The molecule has 0 saturated heterocycles. The molecule has 1 rings (SSSR count). The van der Waals surface area contributed by atoms with Gasteiger partial charge in [-0.25, -0.2) is 4.79 Å². The predicted molar refractivity (Wildman–Crippen MR) is 49.7 cm³/mol. The van der Waals surface area contributed by atoms with E-state index < -0.39 is 23.0 Å². The van der Waals surface area contributed by atoms with E-state index in [1.54, 1.807) is 20.8 Å². The maximum Gasteiger partial charge on any atom is 0.346 e. The fraction of sp³-hybridized carbons (Fsp3) is 0.800. The second-order valence-corrected chi connectivity index (χ2v) is 4.64. The average Bonchev–Trinajstić information content (AvgIpc) is 2.30. The highest BCUT2D eigenvalue weighted by Crippen LogP contribution is 2.28. The summed E-state index contributed by atoms with van der Waals surface area (Å²) in [5.41, 5.74) is -2.55. The van der Waals surface area contributed by atoms with Crippen LogP contribution in [0.3, 0.4) is 0 Å². The second-order valence-electron chi connectivity index (χ2n) is 4.64. The van der Waals surface area contributed by atoms with Crippen LogP contribution in [0.15, 0.2) is 0 Å². The first-order valence-electron chi connectivity index (χ1n) is 4.75. The molecule has 1 aliphatic rings. The summed E-state index contributed by atoms with van der Waals surface area (Å²) in [6.45, 7) is 5.11. The number of carbonyl (C=O) groups excluding carboxylic acids is 2. The molecule has 0 amide bonds. The third-order valence-electron chi connectivity index (χ3n) is 2.14. The van der Waals surface area contributed by atoms with Crippen molar-refractivity contribution in [3.63, 3.8) is 0 Å². The molecule has 0 unspecified atom stereocenters. The van der Waals surface area contributed by atoms with Gasteiger partial charge in [0.05, 0.1) is 0 Å². The van der Waals surface area contributed by atoms with Gasteiger partial charge in [-0.1, -0.05) is 0 Å². The summed E-state index contributed by atoms with van der Waals surface area (Å²) in [4.78, 5) is 22.8. The number of carbonyl (C=O) groups is 2. The van der Waals surface area contributed by atoms with Crippen molar-refractivity contribution in [2.45, 2.75) is 51.2 Å². The van der Waals surface area contributed by atoms with E-state index in [0.29, 0.717) is 6.42 Å². The van der Waals surface area contributed by atoms with E-state index in [4.69, 9.17) is 4.74 Å². The van der Waals surface area contributed by atoms with Crippen molar-refractivity contribution in [2.75, 3.05) is 0 Å². The molecule has 0 aliphatic heterocycles. The van der Waals surface area contributed by atoms with Crippen LogP contribution in [0.4, 0.5) is 0 Å². The monoisotopic (exact) mass is 200 g/mol. The number of rotatable bonds is 1. The van der Waals surface area contributed by atoms with Crippen LogP contribution >= 0.6 is 0 Å². The van der Waals surface area contributed by atoms with Crippen LogP contribution in [-0.4, -0.2) is 28.1 Å². The zero-order chi connectivity index (χ0) is 11.0. The van der Waals surface area contributed by atoms with Crippen LogP contribution in [0.5, 0.6) is 0 Å². The Kier molecular flexibility index (Phi) is 2.67. The Morgan fingerprint density at radius 1 is 1.50 bits per heavy atom. The first-order chi connectivity index (χ1) is 6.26. The van der Waals surface area contributed by atoms with Gasteiger partial charge in [0, 0.05) is 6.42 Å². The molecule has 0 bridgehead atoms. The third kappa shape index (κ3) is 2.12. The molecular formula is C10H16O4. The van der Waals surface area contributed by atoms with E-state index in [9.17, 15) is 14.7 Å². The molecule has 4 heteroatoms. The Labute approximate surface area is 83.2 Å². The molecule has 0 radical (unpaired) electrons. The average molecular weight is 200 g/mol. The van der Waals surface area contributed by atoms with Gasteiger partial charge in [-0.15, -0.1) is 0 Å². The van der Waals surface area contributed by atoms with E-state index in [-0.39, 0.29) is 12.8 Å². The van der Waals surface area contributed by atoms with Crippen molar-refractivity contribution in [1.29, 1.82) is 0 Å². The lowest BCUT2D eigenvalue weighted by molar-refractivity contribution is -0.178. The number of ether oxygens (including phenoxy) is 1. The van der Waals surface area contributed by atoms with Crippen molar-refractivity contribution in [2.24, 2.45) is 0 Å². The Balaban J connectivity index is 2.74. The maximum atomic E-state index is 11.5. The summed E-state index contributed by atoms with van der Waals surface area (Å²) in [5, 5.41) is 9.77. The molecule has 1 fully saturated rings. The molecule has 80 valence electrons. The summed E-state index contributed by atoms with van der Waals surface area (Å²) < 4.78 is 4.99. The smallest absolute Gasteiger partial charge is 0.346 e. The Morgan fingerprint density at radius 3 is 2.43 bits per heavy atom. The Morgan fingerprint density at radius 2 is 2.07 bits per heavy atom. The fourth-order valence-corrected chi connectivity index (χ4v) is 1.43. The molecule has 4 nitrogen and oxygen atoms in total. The molecule has 1 saturated carbocycles. The van der Waals surface area contributed by atoms with Gasteiger partial charge in [-0.05, 0) is 33.6 Å². The first kappa shape index (κ1) is 11.2. The van der Waals surface area contributed by atoms with E-state index in [0.717, 1.165) is 0 Å². The van der Waals surface area contributed by atoms with Crippen molar-refractivity contribution in [3.8, 4) is 0 Å². The predicted octanol–water partition coefficient (Wildman–Crippen LogP) is 0.812. The van der Waals surface area contributed by atoms with Gasteiger partial charge in [0.25, 0.3) is 0 Å². The minimum absolute atomic E-state index is 0.181. The lowest BCUT2D eigenvalue weighted by atomic mass is 10.0. The minimum atomic E-state index is -1.88. The number of ketones is 1. The van der Waals surface area contributed by atoms with E-state index >= 15 is 0 Å². The molecule has 0 spiro atoms. The van der Waals surface area contributed by atoms with Crippen LogP contribution < -0.4 is 0 Å². The van der Waals surface area contributed by atoms with Gasteiger partial charge in [-0.3, -0.25) is 4.79 Å². The van der Waals surface area contributed by atoms with Gasteiger partial charge in [0.15, 0.2) is 5.78 Å². The molecule has 1 N–H and O–H groups in total. The summed E-state index contributed by atoms with van der Waals surface area (Å²) in [5.74, 6) is -1.24. The largest absolute Gasteiger partial charge is 0.457 e. The summed E-state index contributed by atoms with van der Waals surface area (Å²) >= 11 is 0. The highest BCUT2D eigenvalue weighted by Gasteiger charge is 2.49. The lowest BCUT2D eigenvalue weighted by Crippen LogP contribution is -2.46. The van der Waals surface area contributed by atoms with Crippen LogP contribution in [0.1, 0.15) is 40.0 Å². The molecular weight excluding hydrogens is 184 g/mol. The number of hydrogen-bond acceptors (Lipinski definition) is 4. The van der Waals surface area contributed by atoms with Gasteiger partial charge in [0.1, 0.15) is 5.60 Å². The summed E-state index contributed by atoms with van der Waals surface area (Å²) in [7, 11) is 0. The van der Waals surface area contributed by atoms with E-state index in [2.05, 4.69) is 0 Å². The van der Waals surface area contributed by atoms with Crippen molar-refractivity contribution < 1.29 is 19.4 Å². The van der Waals surface area contributed by atoms with Gasteiger partial charge in [0.2, 0.25) is 5.60 Å².